The molecule has 5 nitrogen and oxygen atoms in total. The van der Waals surface area contributed by atoms with Gasteiger partial charge in [-0.1, -0.05) is 11.6 Å². The van der Waals surface area contributed by atoms with Crippen LogP contribution in [0.4, 0.5) is 0 Å². The Labute approximate surface area is 132 Å². The van der Waals surface area contributed by atoms with Crippen molar-refractivity contribution >= 4 is 22.6 Å². The van der Waals surface area contributed by atoms with E-state index in [1.807, 2.05) is 30.3 Å². The number of nitrogens with zero attached hydrogens (tertiary/aromatic N) is 3. The molecule has 0 unspecified atom stereocenters. The van der Waals surface area contributed by atoms with Crippen molar-refractivity contribution in [1.29, 1.82) is 0 Å². The fourth-order valence-corrected chi connectivity index (χ4v) is 2.51. The number of hydrogen-bond acceptors (Lipinski definition) is 5. The molecule has 0 atom stereocenters. The van der Waals surface area contributed by atoms with E-state index in [0.717, 1.165) is 16.8 Å². The van der Waals surface area contributed by atoms with Gasteiger partial charge in [-0.3, -0.25) is 0 Å². The van der Waals surface area contributed by atoms with Gasteiger partial charge in [-0.2, -0.15) is 0 Å². The number of fused-ring (bicyclic) bond motifs is 1. The first-order valence-corrected chi connectivity index (χ1v) is 7.03. The van der Waals surface area contributed by atoms with Crippen molar-refractivity contribution in [1.82, 2.24) is 15.0 Å². The normalized spacial score (nSPS) is 10.7. The van der Waals surface area contributed by atoms with E-state index >= 15 is 0 Å². The SMILES string of the molecule is COc1ccc(-c2ccc3nc(C)nc(Cl)c3n2)cc1OC. The maximum atomic E-state index is 6.17. The molecule has 0 aliphatic carbocycles. The van der Waals surface area contributed by atoms with Crippen molar-refractivity contribution in [2.75, 3.05) is 14.2 Å². The standard InChI is InChI=1S/C16H14ClN3O2/c1-9-18-12-6-5-11(20-15(12)16(17)19-9)10-4-7-13(21-2)14(8-10)22-3/h4-8H,1-3H3. The molecule has 2 heterocycles. The second-order valence-corrected chi connectivity index (χ2v) is 5.05. The summed E-state index contributed by atoms with van der Waals surface area (Å²) in [5.74, 6) is 1.94. The Hall–Kier alpha value is -2.40. The molecule has 0 fully saturated rings. The average Bonchev–Trinajstić information content (AvgIpc) is 2.53. The van der Waals surface area contributed by atoms with Crippen LogP contribution >= 0.6 is 11.6 Å². The maximum absolute atomic E-state index is 6.17. The van der Waals surface area contributed by atoms with Crippen molar-refractivity contribution in [3.63, 3.8) is 0 Å². The molecule has 3 rings (SSSR count). The number of ether oxygens (including phenoxy) is 2. The minimum Gasteiger partial charge on any atom is -0.493 e. The molecule has 0 saturated heterocycles. The molecule has 6 heteroatoms. The molecule has 0 saturated carbocycles. The van der Waals surface area contributed by atoms with Crippen LogP contribution in [0.15, 0.2) is 30.3 Å². The lowest BCUT2D eigenvalue weighted by Crippen LogP contribution is -1.95. The van der Waals surface area contributed by atoms with E-state index in [0.29, 0.717) is 28.0 Å². The highest BCUT2D eigenvalue weighted by atomic mass is 35.5. The molecule has 0 aliphatic rings. The summed E-state index contributed by atoms with van der Waals surface area (Å²) in [6, 6.07) is 9.41. The van der Waals surface area contributed by atoms with Gasteiger partial charge in [0.1, 0.15) is 11.3 Å². The molecule has 1 aromatic carbocycles. The van der Waals surface area contributed by atoms with E-state index in [4.69, 9.17) is 21.1 Å². The molecule has 0 bridgehead atoms. The molecular weight excluding hydrogens is 302 g/mol. The van der Waals surface area contributed by atoms with E-state index < -0.39 is 0 Å². The first kappa shape index (κ1) is 14.5. The molecule has 0 spiro atoms. The topological polar surface area (TPSA) is 57.1 Å². The monoisotopic (exact) mass is 315 g/mol. The number of pyridine rings is 1. The molecule has 3 aromatic rings. The smallest absolute Gasteiger partial charge is 0.161 e. The fourth-order valence-electron chi connectivity index (χ4n) is 2.24. The number of methoxy groups -OCH3 is 2. The highest BCUT2D eigenvalue weighted by Gasteiger charge is 2.10. The van der Waals surface area contributed by atoms with Gasteiger partial charge < -0.3 is 9.47 Å². The molecule has 0 aliphatic heterocycles. The van der Waals surface area contributed by atoms with Gasteiger partial charge in [-0.25, -0.2) is 15.0 Å². The van der Waals surface area contributed by atoms with Crippen LogP contribution in [0.3, 0.4) is 0 Å². The van der Waals surface area contributed by atoms with Gasteiger partial charge in [0.2, 0.25) is 0 Å². The molecule has 2 aromatic heterocycles. The van der Waals surface area contributed by atoms with Gasteiger partial charge in [0.25, 0.3) is 0 Å². The van der Waals surface area contributed by atoms with Gasteiger partial charge in [0, 0.05) is 5.56 Å². The molecule has 112 valence electrons. The van der Waals surface area contributed by atoms with Crippen molar-refractivity contribution in [3.05, 3.63) is 41.3 Å². The highest BCUT2D eigenvalue weighted by molar-refractivity contribution is 6.33. The van der Waals surface area contributed by atoms with E-state index in [9.17, 15) is 0 Å². The zero-order valence-corrected chi connectivity index (χ0v) is 13.2. The number of rotatable bonds is 3. The van der Waals surface area contributed by atoms with E-state index in [2.05, 4.69) is 15.0 Å². The van der Waals surface area contributed by atoms with Crippen molar-refractivity contribution in [2.45, 2.75) is 6.92 Å². The lowest BCUT2D eigenvalue weighted by Gasteiger charge is -2.10. The Morgan fingerprint density at radius 1 is 0.909 bits per heavy atom. The van der Waals surface area contributed by atoms with Gasteiger partial charge in [0.05, 0.1) is 25.4 Å². The Morgan fingerprint density at radius 3 is 2.41 bits per heavy atom. The predicted octanol–water partition coefficient (Wildman–Crippen LogP) is 3.67. The summed E-state index contributed by atoms with van der Waals surface area (Å²) in [7, 11) is 3.20. The Morgan fingerprint density at radius 2 is 1.68 bits per heavy atom. The summed E-state index contributed by atoms with van der Waals surface area (Å²) in [6.07, 6.45) is 0. The third-order valence-corrected chi connectivity index (χ3v) is 3.55. The number of aromatic nitrogens is 3. The summed E-state index contributed by atoms with van der Waals surface area (Å²) in [5, 5.41) is 0.352. The van der Waals surface area contributed by atoms with E-state index in [1.54, 1.807) is 21.1 Å². The summed E-state index contributed by atoms with van der Waals surface area (Å²) in [6.45, 7) is 1.80. The fraction of sp³-hybridized carbons (Fsp3) is 0.188. The zero-order chi connectivity index (χ0) is 15.7. The van der Waals surface area contributed by atoms with Crippen LogP contribution in [0.2, 0.25) is 5.15 Å². The summed E-state index contributed by atoms with van der Waals surface area (Å²) >= 11 is 6.17. The Bertz CT molecular complexity index is 852. The van der Waals surface area contributed by atoms with Crippen LogP contribution in [0.25, 0.3) is 22.3 Å². The van der Waals surface area contributed by atoms with Gasteiger partial charge in [0.15, 0.2) is 16.7 Å². The highest BCUT2D eigenvalue weighted by Crippen LogP contribution is 2.32. The average molecular weight is 316 g/mol. The molecule has 22 heavy (non-hydrogen) atoms. The van der Waals surface area contributed by atoms with Crippen LogP contribution < -0.4 is 9.47 Å². The molecule has 0 amide bonds. The summed E-state index contributed by atoms with van der Waals surface area (Å²) in [5.41, 5.74) is 2.97. The second-order valence-electron chi connectivity index (χ2n) is 4.70. The maximum Gasteiger partial charge on any atom is 0.161 e. The van der Waals surface area contributed by atoms with E-state index in [1.165, 1.54) is 0 Å². The number of hydrogen-bond donors (Lipinski definition) is 0. The van der Waals surface area contributed by atoms with Crippen LogP contribution in [0.5, 0.6) is 11.5 Å². The van der Waals surface area contributed by atoms with Gasteiger partial charge in [-0.15, -0.1) is 0 Å². The molecule has 0 N–H and O–H groups in total. The molecule has 0 radical (unpaired) electrons. The molecular formula is C16H14ClN3O2. The Kier molecular flexibility index (Phi) is 3.81. The first-order chi connectivity index (χ1) is 10.6. The minimum absolute atomic E-state index is 0.352. The predicted molar refractivity (Wildman–Crippen MR) is 85.6 cm³/mol. The largest absolute Gasteiger partial charge is 0.493 e. The lowest BCUT2D eigenvalue weighted by atomic mass is 10.1. The van der Waals surface area contributed by atoms with Crippen LogP contribution in [0, 0.1) is 6.92 Å². The quantitative estimate of drug-likeness (QED) is 0.690. The third kappa shape index (κ3) is 2.55. The van der Waals surface area contributed by atoms with Crippen LogP contribution in [0.1, 0.15) is 5.82 Å². The number of aryl methyl sites for hydroxylation is 1. The van der Waals surface area contributed by atoms with Crippen molar-refractivity contribution in [2.24, 2.45) is 0 Å². The zero-order valence-electron chi connectivity index (χ0n) is 12.4. The third-order valence-electron chi connectivity index (χ3n) is 3.29. The Balaban J connectivity index is 2.14. The number of benzene rings is 1. The summed E-state index contributed by atoms with van der Waals surface area (Å²) < 4.78 is 10.6. The van der Waals surface area contributed by atoms with Gasteiger partial charge >= 0.3 is 0 Å². The second kappa shape index (κ2) is 5.77. The van der Waals surface area contributed by atoms with Crippen molar-refractivity contribution in [3.8, 4) is 22.8 Å². The first-order valence-electron chi connectivity index (χ1n) is 6.65. The van der Waals surface area contributed by atoms with Crippen LogP contribution in [-0.2, 0) is 0 Å². The van der Waals surface area contributed by atoms with E-state index in [-0.39, 0.29) is 0 Å². The minimum atomic E-state index is 0.352. The van der Waals surface area contributed by atoms with Crippen molar-refractivity contribution < 1.29 is 9.47 Å². The number of halogens is 1. The van der Waals surface area contributed by atoms with Gasteiger partial charge in [-0.05, 0) is 37.3 Å². The lowest BCUT2D eigenvalue weighted by molar-refractivity contribution is 0.355. The summed E-state index contributed by atoms with van der Waals surface area (Å²) in [4.78, 5) is 13.0. The van der Waals surface area contributed by atoms with Crippen LogP contribution in [-0.4, -0.2) is 29.2 Å².